The second-order valence-corrected chi connectivity index (χ2v) is 12.4. The van der Waals surface area contributed by atoms with Gasteiger partial charge in [-0.3, -0.25) is 4.79 Å². The van der Waals surface area contributed by atoms with E-state index in [1.165, 1.54) is 34.2 Å². The SMILES string of the molecule is CCCC(C)c1ccccc1C(=O)N(Cc1ccc(-c2ccccc2)cc1)CC1CCN(CCCc2ccccc2)CC1. The Labute approximate surface area is 259 Å². The minimum absolute atomic E-state index is 0.177. The van der Waals surface area contributed by atoms with Crippen molar-refractivity contribution in [2.75, 3.05) is 26.2 Å². The van der Waals surface area contributed by atoms with Crippen molar-refractivity contribution in [3.8, 4) is 11.1 Å². The van der Waals surface area contributed by atoms with Crippen LogP contribution >= 0.6 is 0 Å². The highest BCUT2D eigenvalue weighted by Gasteiger charge is 2.26. The topological polar surface area (TPSA) is 23.6 Å². The van der Waals surface area contributed by atoms with Gasteiger partial charge in [-0.15, -0.1) is 0 Å². The van der Waals surface area contributed by atoms with E-state index < -0.39 is 0 Å². The van der Waals surface area contributed by atoms with Crippen molar-refractivity contribution in [1.82, 2.24) is 9.80 Å². The van der Waals surface area contributed by atoms with Crippen LogP contribution in [0.15, 0.2) is 109 Å². The first-order chi connectivity index (χ1) is 21.1. The third kappa shape index (κ3) is 8.67. The number of likely N-dealkylation sites (tertiary alicyclic amines) is 1. The third-order valence-electron chi connectivity index (χ3n) is 9.13. The van der Waals surface area contributed by atoms with Crippen molar-refractivity contribution < 1.29 is 4.79 Å². The van der Waals surface area contributed by atoms with Crippen molar-refractivity contribution in [1.29, 1.82) is 0 Å². The predicted molar refractivity (Wildman–Crippen MR) is 180 cm³/mol. The van der Waals surface area contributed by atoms with E-state index in [0.717, 1.165) is 63.8 Å². The summed E-state index contributed by atoms with van der Waals surface area (Å²) >= 11 is 0. The summed E-state index contributed by atoms with van der Waals surface area (Å²) in [6, 6.07) is 38.4. The lowest BCUT2D eigenvalue weighted by Crippen LogP contribution is -2.41. The zero-order valence-corrected chi connectivity index (χ0v) is 26.1. The first kappa shape index (κ1) is 30.8. The monoisotopic (exact) mass is 572 g/mol. The number of aryl methyl sites for hydroxylation is 1. The number of hydrogen-bond donors (Lipinski definition) is 0. The molecule has 0 saturated carbocycles. The standard InChI is InChI=1S/C40H48N2O/c1-3-13-32(2)38-19-10-11-20-39(38)40(43)42(30-34-21-23-37(24-22-34)36-17-8-5-9-18-36)31-35-25-28-41(29-26-35)27-12-16-33-14-6-4-7-15-33/h4-11,14-15,17-24,32,35H,3,12-13,16,25-31H2,1-2H3. The summed E-state index contributed by atoms with van der Waals surface area (Å²) in [5.74, 6) is 1.07. The first-order valence-corrected chi connectivity index (χ1v) is 16.4. The highest BCUT2D eigenvalue weighted by atomic mass is 16.2. The zero-order valence-electron chi connectivity index (χ0n) is 26.1. The molecule has 0 radical (unpaired) electrons. The molecule has 1 fully saturated rings. The van der Waals surface area contributed by atoms with Crippen LogP contribution in [0.1, 0.15) is 78.9 Å². The fourth-order valence-corrected chi connectivity index (χ4v) is 6.61. The average Bonchev–Trinajstić information content (AvgIpc) is 3.06. The highest BCUT2D eigenvalue weighted by Crippen LogP contribution is 2.28. The summed E-state index contributed by atoms with van der Waals surface area (Å²) in [7, 11) is 0. The Balaban J connectivity index is 1.26. The van der Waals surface area contributed by atoms with Crippen LogP contribution in [0.2, 0.25) is 0 Å². The Morgan fingerprint density at radius 1 is 0.791 bits per heavy atom. The van der Waals surface area contributed by atoms with E-state index in [2.05, 4.69) is 121 Å². The fraction of sp³-hybridized carbons (Fsp3) is 0.375. The minimum Gasteiger partial charge on any atom is -0.334 e. The van der Waals surface area contributed by atoms with Crippen molar-refractivity contribution >= 4 is 5.91 Å². The van der Waals surface area contributed by atoms with Crippen molar-refractivity contribution in [2.24, 2.45) is 5.92 Å². The summed E-state index contributed by atoms with van der Waals surface area (Å²) in [6.07, 6.45) is 6.85. The molecule has 3 nitrogen and oxygen atoms in total. The molecule has 4 aromatic carbocycles. The van der Waals surface area contributed by atoms with E-state index in [4.69, 9.17) is 0 Å². The normalized spacial score (nSPS) is 14.8. The Morgan fingerprint density at radius 2 is 1.42 bits per heavy atom. The molecule has 1 unspecified atom stereocenters. The fourth-order valence-electron chi connectivity index (χ4n) is 6.61. The smallest absolute Gasteiger partial charge is 0.254 e. The van der Waals surface area contributed by atoms with Crippen LogP contribution < -0.4 is 0 Å². The van der Waals surface area contributed by atoms with E-state index in [1.54, 1.807) is 0 Å². The Bertz CT molecular complexity index is 1390. The molecule has 1 aliphatic rings. The number of carbonyl (C=O) groups is 1. The summed E-state index contributed by atoms with van der Waals surface area (Å²) in [5, 5.41) is 0. The molecular weight excluding hydrogens is 524 g/mol. The first-order valence-electron chi connectivity index (χ1n) is 16.4. The summed E-state index contributed by atoms with van der Waals surface area (Å²) in [6.45, 7) is 9.33. The molecule has 0 aliphatic carbocycles. The van der Waals surface area contributed by atoms with Crippen LogP contribution in [0, 0.1) is 5.92 Å². The maximum absolute atomic E-state index is 14.3. The van der Waals surface area contributed by atoms with Crippen LogP contribution in [0.5, 0.6) is 0 Å². The summed E-state index contributed by atoms with van der Waals surface area (Å²) in [4.78, 5) is 19.1. The van der Waals surface area contributed by atoms with Gasteiger partial charge in [0.2, 0.25) is 0 Å². The molecule has 0 bridgehead atoms. The van der Waals surface area contributed by atoms with Gasteiger partial charge in [-0.2, -0.15) is 0 Å². The van der Waals surface area contributed by atoms with Crippen molar-refractivity contribution in [2.45, 2.75) is 64.8 Å². The molecule has 224 valence electrons. The van der Waals surface area contributed by atoms with Gasteiger partial charge in [0.1, 0.15) is 0 Å². The molecule has 1 saturated heterocycles. The largest absolute Gasteiger partial charge is 0.334 e. The lowest BCUT2D eigenvalue weighted by Gasteiger charge is -2.35. The molecule has 0 spiro atoms. The summed E-state index contributed by atoms with van der Waals surface area (Å²) in [5.41, 5.74) is 7.11. The number of amides is 1. The minimum atomic E-state index is 0.177. The second-order valence-electron chi connectivity index (χ2n) is 12.4. The van der Waals surface area contributed by atoms with Crippen LogP contribution in [0.3, 0.4) is 0 Å². The van der Waals surface area contributed by atoms with Gasteiger partial charge in [0, 0.05) is 18.7 Å². The van der Waals surface area contributed by atoms with Crippen molar-refractivity contribution in [3.63, 3.8) is 0 Å². The lowest BCUT2D eigenvalue weighted by atomic mass is 9.91. The van der Waals surface area contributed by atoms with Gasteiger partial charge in [0.25, 0.3) is 5.91 Å². The quantitative estimate of drug-likeness (QED) is 0.159. The van der Waals surface area contributed by atoms with E-state index in [9.17, 15) is 4.79 Å². The van der Waals surface area contributed by atoms with E-state index >= 15 is 0 Å². The Morgan fingerprint density at radius 3 is 2.12 bits per heavy atom. The van der Waals surface area contributed by atoms with E-state index in [1.807, 2.05) is 12.1 Å². The molecule has 1 amide bonds. The predicted octanol–water partition coefficient (Wildman–Crippen LogP) is 9.24. The molecule has 4 aromatic rings. The number of carbonyl (C=O) groups excluding carboxylic acids is 1. The van der Waals surface area contributed by atoms with Crippen LogP contribution in [-0.4, -0.2) is 41.9 Å². The molecule has 1 aliphatic heterocycles. The molecule has 5 rings (SSSR count). The van der Waals surface area contributed by atoms with E-state index in [-0.39, 0.29) is 5.91 Å². The average molecular weight is 573 g/mol. The maximum atomic E-state index is 14.3. The van der Waals surface area contributed by atoms with Crippen LogP contribution in [0.25, 0.3) is 11.1 Å². The lowest BCUT2D eigenvalue weighted by molar-refractivity contribution is 0.0672. The number of benzene rings is 4. The van der Waals surface area contributed by atoms with Gasteiger partial charge >= 0.3 is 0 Å². The molecule has 0 N–H and O–H groups in total. The Hall–Kier alpha value is -3.69. The van der Waals surface area contributed by atoms with Gasteiger partial charge < -0.3 is 9.80 Å². The number of nitrogens with zero attached hydrogens (tertiary/aromatic N) is 2. The summed E-state index contributed by atoms with van der Waals surface area (Å²) < 4.78 is 0. The number of piperidine rings is 1. The van der Waals surface area contributed by atoms with Gasteiger partial charge in [0.05, 0.1) is 0 Å². The zero-order chi connectivity index (χ0) is 29.9. The molecule has 3 heteroatoms. The van der Waals surface area contributed by atoms with Gasteiger partial charge in [-0.05, 0) is 97.5 Å². The Kier molecular flexibility index (Phi) is 11.2. The maximum Gasteiger partial charge on any atom is 0.254 e. The van der Waals surface area contributed by atoms with Gasteiger partial charge in [-0.1, -0.05) is 123 Å². The number of rotatable bonds is 13. The highest BCUT2D eigenvalue weighted by molar-refractivity contribution is 5.96. The van der Waals surface area contributed by atoms with Crippen LogP contribution in [-0.2, 0) is 13.0 Å². The molecule has 43 heavy (non-hydrogen) atoms. The van der Waals surface area contributed by atoms with E-state index in [0.29, 0.717) is 18.4 Å². The second kappa shape index (κ2) is 15.7. The van der Waals surface area contributed by atoms with Gasteiger partial charge in [0.15, 0.2) is 0 Å². The van der Waals surface area contributed by atoms with Crippen molar-refractivity contribution in [3.05, 3.63) is 131 Å². The molecule has 0 aromatic heterocycles. The van der Waals surface area contributed by atoms with Crippen LogP contribution in [0.4, 0.5) is 0 Å². The molecule has 1 atom stereocenters. The number of hydrogen-bond acceptors (Lipinski definition) is 2. The molecular formula is C40H48N2O. The van der Waals surface area contributed by atoms with Gasteiger partial charge in [-0.25, -0.2) is 0 Å². The molecule has 1 heterocycles. The third-order valence-corrected chi connectivity index (χ3v) is 9.13.